The van der Waals surface area contributed by atoms with Gasteiger partial charge in [-0.05, 0) is 37.0 Å². The van der Waals surface area contributed by atoms with Crippen LogP contribution in [0.5, 0.6) is 0 Å². The van der Waals surface area contributed by atoms with Gasteiger partial charge in [0.05, 0.1) is 0 Å². The van der Waals surface area contributed by atoms with Crippen LogP contribution in [0, 0.1) is 13.8 Å². The summed E-state index contributed by atoms with van der Waals surface area (Å²) in [5.41, 5.74) is 7.13. The summed E-state index contributed by atoms with van der Waals surface area (Å²) in [4.78, 5) is 12.5. The lowest BCUT2D eigenvalue weighted by molar-refractivity contribution is 0.0979. The molecule has 0 aromatic heterocycles. The minimum Gasteiger partial charge on any atom is -0.294 e. The van der Waals surface area contributed by atoms with Gasteiger partial charge in [-0.25, -0.2) is 0 Å². The molecule has 0 saturated heterocycles. The number of Topliss-reactive ketones (excluding diaryl/α,β-unsaturated/α-hetero) is 1. The summed E-state index contributed by atoms with van der Waals surface area (Å²) in [6.07, 6.45) is 5.19. The van der Waals surface area contributed by atoms with E-state index in [1.165, 1.54) is 40.7 Å². The number of hydrogen-bond acceptors (Lipinski definition) is 1. The zero-order valence-corrected chi connectivity index (χ0v) is 17.9. The highest BCUT2D eigenvalue weighted by Gasteiger charge is 2.17. The van der Waals surface area contributed by atoms with Crippen molar-refractivity contribution in [3.05, 3.63) is 106 Å². The Hall–Kier alpha value is -2.67. The number of aryl methyl sites for hydroxylation is 2. The number of ketones is 1. The Bertz CT molecular complexity index is 857. The molecule has 0 N–H and O–H groups in total. The van der Waals surface area contributed by atoms with Gasteiger partial charge >= 0.3 is 0 Å². The second kappa shape index (κ2) is 10.2. The van der Waals surface area contributed by atoms with Crippen molar-refractivity contribution in [2.24, 2.45) is 0 Å². The lowest BCUT2D eigenvalue weighted by atomic mass is 9.84. The van der Waals surface area contributed by atoms with E-state index in [0.717, 1.165) is 18.4 Å². The maximum absolute atomic E-state index is 12.5. The normalized spacial score (nSPS) is 11.0. The molecule has 1 nitrogen and oxygen atoms in total. The van der Waals surface area contributed by atoms with Gasteiger partial charge in [0.2, 0.25) is 0 Å². The summed E-state index contributed by atoms with van der Waals surface area (Å²) in [6.45, 7) is 6.43. The van der Waals surface area contributed by atoms with E-state index in [2.05, 4.69) is 81.4 Å². The van der Waals surface area contributed by atoms with Gasteiger partial charge in [-0.15, -0.1) is 0 Å². The minimum atomic E-state index is 0.171. The molecule has 0 radical (unpaired) electrons. The van der Waals surface area contributed by atoms with Crippen LogP contribution in [0.15, 0.2) is 72.8 Å². The number of carbonyl (C=O) groups excluding carboxylic acids is 1. The lowest BCUT2D eigenvalue weighted by Gasteiger charge is -2.20. The van der Waals surface area contributed by atoms with Gasteiger partial charge in [0.15, 0.2) is 5.78 Å². The Balaban J connectivity index is 1.85. The Morgan fingerprint density at radius 2 is 1.10 bits per heavy atom. The van der Waals surface area contributed by atoms with Crippen LogP contribution in [0.25, 0.3) is 0 Å². The number of benzene rings is 3. The SMILES string of the molecule is CCCCCCC(=O)c1ccc(C(c2ccc(C)cc2)c2ccc(C)cc2)cc1. The third-order valence-corrected chi connectivity index (χ3v) is 5.64. The van der Waals surface area contributed by atoms with E-state index in [1.54, 1.807) is 0 Å². The van der Waals surface area contributed by atoms with Gasteiger partial charge in [0.25, 0.3) is 0 Å². The molecule has 0 unspecified atom stereocenters. The van der Waals surface area contributed by atoms with E-state index in [0.29, 0.717) is 6.42 Å². The highest BCUT2D eigenvalue weighted by molar-refractivity contribution is 5.96. The van der Waals surface area contributed by atoms with Gasteiger partial charge in [-0.2, -0.15) is 0 Å². The fraction of sp³-hybridized carbons (Fsp3) is 0.321. The van der Waals surface area contributed by atoms with E-state index in [9.17, 15) is 4.79 Å². The van der Waals surface area contributed by atoms with Gasteiger partial charge in [0.1, 0.15) is 0 Å². The van der Waals surface area contributed by atoms with E-state index >= 15 is 0 Å². The van der Waals surface area contributed by atoms with Crippen LogP contribution in [0.3, 0.4) is 0 Å². The zero-order valence-electron chi connectivity index (χ0n) is 17.9. The van der Waals surface area contributed by atoms with E-state index in [1.807, 2.05) is 12.1 Å². The Kier molecular flexibility index (Phi) is 7.41. The molecule has 0 bridgehead atoms. The Morgan fingerprint density at radius 1 is 0.655 bits per heavy atom. The maximum Gasteiger partial charge on any atom is 0.162 e. The third kappa shape index (κ3) is 5.67. The smallest absolute Gasteiger partial charge is 0.162 e. The molecule has 3 aromatic carbocycles. The fourth-order valence-corrected chi connectivity index (χ4v) is 3.81. The molecule has 0 heterocycles. The molecule has 0 aliphatic carbocycles. The first-order chi connectivity index (χ1) is 14.1. The molecule has 3 aromatic rings. The summed E-state index contributed by atoms with van der Waals surface area (Å²) < 4.78 is 0. The first-order valence-corrected chi connectivity index (χ1v) is 10.8. The molecule has 0 amide bonds. The second-order valence-corrected chi connectivity index (χ2v) is 8.11. The average Bonchev–Trinajstić information content (AvgIpc) is 2.74. The van der Waals surface area contributed by atoms with Gasteiger partial charge in [-0.1, -0.05) is 110 Å². The first kappa shape index (κ1) is 21.0. The van der Waals surface area contributed by atoms with Crippen molar-refractivity contribution in [1.82, 2.24) is 0 Å². The van der Waals surface area contributed by atoms with Crippen molar-refractivity contribution >= 4 is 5.78 Å². The molecular weight excluding hydrogens is 352 g/mol. The zero-order chi connectivity index (χ0) is 20.6. The Morgan fingerprint density at radius 3 is 1.55 bits per heavy atom. The van der Waals surface area contributed by atoms with Crippen molar-refractivity contribution in [3.8, 4) is 0 Å². The van der Waals surface area contributed by atoms with Crippen LogP contribution >= 0.6 is 0 Å². The molecule has 0 saturated carbocycles. The maximum atomic E-state index is 12.5. The van der Waals surface area contributed by atoms with Gasteiger partial charge < -0.3 is 0 Å². The largest absolute Gasteiger partial charge is 0.294 e. The molecule has 0 atom stereocenters. The van der Waals surface area contributed by atoms with Crippen molar-refractivity contribution in [2.75, 3.05) is 0 Å². The molecule has 0 spiro atoms. The van der Waals surface area contributed by atoms with Crippen LogP contribution < -0.4 is 0 Å². The second-order valence-electron chi connectivity index (χ2n) is 8.11. The van der Waals surface area contributed by atoms with Gasteiger partial charge in [-0.3, -0.25) is 4.79 Å². The van der Waals surface area contributed by atoms with Crippen molar-refractivity contribution < 1.29 is 4.79 Å². The molecule has 0 aliphatic rings. The summed E-state index contributed by atoms with van der Waals surface area (Å²) in [5.74, 6) is 0.430. The molecule has 150 valence electrons. The van der Waals surface area contributed by atoms with E-state index < -0.39 is 0 Å². The summed E-state index contributed by atoms with van der Waals surface area (Å²) >= 11 is 0. The number of rotatable bonds is 9. The quantitative estimate of drug-likeness (QED) is 0.210. The van der Waals surface area contributed by atoms with Crippen molar-refractivity contribution in [1.29, 1.82) is 0 Å². The van der Waals surface area contributed by atoms with E-state index in [-0.39, 0.29) is 11.7 Å². The van der Waals surface area contributed by atoms with Crippen LogP contribution in [0.1, 0.15) is 83.1 Å². The van der Waals surface area contributed by atoms with Crippen LogP contribution in [-0.2, 0) is 0 Å². The standard InChI is InChI=1S/C28H32O/c1-4-5-6-7-8-27(29)23-17-19-26(20-18-23)28(24-13-9-21(2)10-14-24)25-15-11-22(3)12-16-25/h9-20,28H,4-8H2,1-3H3. The topological polar surface area (TPSA) is 17.1 Å². The molecular formula is C28H32O. The lowest BCUT2D eigenvalue weighted by Crippen LogP contribution is -2.05. The summed E-state index contributed by atoms with van der Waals surface area (Å²) in [7, 11) is 0. The minimum absolute atomic E-state index is 0.171. The van der Waals surface area contributed by atoms with Crippen LogP contribution in [0.4, 0.5) is 0 Å². The summed E-state index contributed by atoms with van der Waals surface area (Å²) in [6, 6.07) is 25.8. The van der Waals surface area contributed by atoms with Crippen LogP contribution in [0.2, 0.25) is 0 Å². The number of carbonyl (C=O) groups is 1. The van der Waals surface area contributed by atoms with Crippen molar-refractivity contribution in [3.63, 3.8) is 0 Å². The Labute approximate surface area is 175 Å². The monoisotopic (exact) mass is 384 g/mol. The number of unbranched alkanes of at least 4 members (excludes halogenated alkanes) is 3. The highest BCUT2D eigenvalue weighted by Crippen LogP contribution is 2.32. The third-order valence-electron chi connectivity index (χ3n) is 5.64. The van der Waals surface area contributed by atoms with E-state index in [4.69, 9.17) is 0 Å². The van der Waals surface area contributed by atoms with Crippen molar-refractivity contribution in [2.45, 2.75) is 58.8 Å². The van der Waals surface area contributed by atoms with Crippen LogP contribution in [-0.4, -0.2) is 5.78 Å². The predicted octanol–water partition coefficient (Wildman–Crippen LogP) is 7.64. The average molecular weight is 385 g/mol. The first-order valence-electron chi connectivity index (χ1n) is 10.8. The molecule has 3 rings (SSSR count). The molecule has 29 heavy (non-hydrogen) atoms. The number of hydrogen-bond donors (Lipinski definition) is 0. The molecule has 0 aliphatic heterocycles. The summed E-state index contributed by atoms with van der Waals surface area (Å²) in [5, 5.41) is 0. The van der Waals surface area contributed by atoms with Gasteiger partial charge in [0, 0.05) is 17.9 Å². The molecule has 1 heteroatoms. The predicted molar refractivity (Wildman–Crippen MR) is 123 cm³/mol. The molecule has 0 fully saturated rings. The fourth-order valence-electron chi connectivity index (χ4n) is 3.81. The highest BCUT2D eigenvalue weighted by atomic mass is 16.1.